The molecule has 0 radical (unpaired) electrons. The molecule has 0 aromatic heterocycles. The van der Waals surface area contributed by atoms with E-state index in [0.717, 1.165) is 12.8 Å². The molecular formula is C26H50O5. The van der Waals surface area contributed by atoms with Crippen molar-refractivity contribution in [2.24, 2.45) is 0 Å². The normalized spacial score (nSPS) is 22.5. The van der Waals surface area contributed by atoms with Crippen LogP contribution in [0, 0.1) is 0 Å². The van der Waals surface area contributed by atoms with Gasteiger partial charge in [-0.05, 0) is 32.1 Å². The van der Waals surface area contributed by atoms with Crippen LogP contribution >= 0.6 is 0 Å². The smallest absolute Gasteiger partial charge is 0.114 e. The lowest BCUT2D eigenvalue weighted by Gasteiger charge is -2.20. The molecule has 0 aromatic rings. The number of hydrogen-bond acceptors (Lipinski definition) is 5. The van der Waals surface area contributed by atoms with E-state index in [2.05, 4.69) is 19.1 Å². The maximum absolute atomic E-state index is 9.96. The molecule has 1 rings (SSSR count). The molecule has 1 aliphatic heterocycles. The first kappa shape index (κ1) is 28.6. The lowest BCUT2D eigenvalue weighted by Crippen LogP contribution is -2.40. The predicted molar refractivity (Wildman–Crippen MR) is 127 cm³/mol. The van der Waals surface area contributed by atoms with Crippen molar-refractivity contribution in [3.63, 3.8) is 0 Å². The Kier molecular flexibility index (Phi) is 18.6. The minimum Gasteiger partial charge on any atom is -0.388 e. The lowest BCUT2D eigenvalue weighted by atomic mass is 10.1. The SMILES string of the molecule is CCCCCCCC/C=C/CCCCCCCCCCOC[C@H](O)[C@H]1OC[C@@H](O)[C@H]1O. The number of allylic oxidation sites excluding steroid dienone is 2. The van der Waals surface area contributed by atoms with Crippen LogP contribution in [0.15, 0.2) is 12.2 Å². The highest BCUT2D eigenvalue weighted by molar-refractivity contribution is 4.87. The molecule has 0 bridgehead atoms. The number of hydrogen-bond donors (Lipinski definition) is 3. The van der Waals surface area contributed by atoms with E-state index in [1.165, 1.54) is 89.9 Å². The molecule has 0 unspecified atom stereocenters. The van der Waals surface area contributed by atoms with E-state index in [9.17, 15) is 15.3 Å². The van der Waals surface area contributed by atoms with E-state index >= 15 is 0 Å². The monoisotopic (exact) mass is 442 g/mol. The molecule has 4 atom stereocenters. The van der Waals surface area contributed by atoms with E-state index in [4.69, 9.17) is 9.47 Å². The average molecular weight is 443 g/mol. The van der Waals surface area contributed by atoms with Gasteiger partial charge in [-0.2, -0.15) is 0 Å². The highest BCUT2D eigenvalue weighted by Crippen LogP contribution is 2.18. The summed E-state index contributed by atoms with van der Waals surface area (Å²) in [6.45, 7) is 3.10. The zero-order valence-corrected chi connectivity index (χ0v) is 20.1. The van der Waals surface area contributed by atoms with Crippen molar-refractivity contribution in [2.45, 2.75) is 134 Å². The van der Waals surface area contributed by atoms with Gasteiger partial charge < -0.3 is 24.8 Å². The molecule has 0 aromatic carbocycles. The number of rotatable bonds is 21. The van der Waals surface area contributed by atoms with Crippen molar-refractivity contribution in [1.29, 1.82) is 0 Å². The predicted octanol–water partition coefficient (Wildman–Crippen LogP) is 5.30. The number of aliphatic hydroxyl groups is 3. The Morgan fingerprint density at radius 1 is 0.806 bits per heavy atom. The van der Waals surface area contributed by atoms with Crippen LogP contribution in [-0.4, -0.2) is 59.6 Å². The molecule has 5 heteroatoms. The Labute approximate surface area is 191 Å². The summed E-state index contributed by atoms with van der Waals surface area (Å²) in [5.41, 5.74) is 0. The molecule has 0 spiro atoms. The van der Waals surface area contributed by atoms with Gasteiger partial charge in [0.25, 0.3) is 0 Å². The maximum atomic E-state index is 9.96. The van der Waals surface area contributed by atoms with Crippen LogP contribution < -0.4 is 0 Å². The molecule has 3 N–H and O–H groups in total. The molecule has 0 aliphatic carbocycles. The topological polar surface area (TPSA) is 79.2 Å². The van der Waals surface area contributed by atoms with E-state index in [1.807, 2.05) is 0 Å². The summed E-state index contributed by atoms with van der Waals surface area (Å²) in [4.78, 5) is 0. The molecule has 0 saturated carbocycles. The number of unbranched alkanes of at least 4 members (excludes halogenated alkanes) is 14. The number of aliphatic hydroxyl groups excluding tert-OH is 3. The third-order valence-corrected chi connectivity index (χ3v) is 6.16. The zero-order chi connectivity index (χ0) is 22.6. The van der Waals surface area contributed by atoms with Crippen molar-refractivity contribution < 1.29 is 24.8 Å². The Morgan fingerprint density at radius 2 is 1.32 bits per heavy atom. The van der Waals surface area contributed by atoms with Crippen LogP contribution in [0.25, 0.3) is 0 Å². The largest absolute Gasteiger partial charge is 0.388 e. The van der Waals surface area contributed by atoms with Gasteiger partial charge in [0, 0.05) is 6.61 Å². The van der Waals surface area contributed by atoms with Crippen LogP contribution in [0.1, 0.15) is 110 Å². The van der Waals surface area contributed by atoms with Gasteiger partial charge in [0.1, 0.15) is 24.4 Å². The summed E-state index contributed by atoms with van der Waals surface area (Å²) in [5.74, 6) is 0. The molecule has 31 heavy (non-hydrogen) atoms. The van der Waals surface area contributed by atoms with Gasteiger partial charge in [-0.3, -0.25) is 0 Å². The van der Waals surface area contributed by atoms with Crippen molar-refractivity contribution >= 4 is 0 Å². The first-order valence-corrected chi connectivity index (χ1v) is 13.0. The van der Waals surface area contributed by atoms with Gasteiger partial charge >= 0.3 is 0 Å². The summed E-state index contributed by atoms with van der Waals surface area (Å²) >= 11 is 0. The molecule has 1 aliphatic rings. The molecule has 0 amide bonds. The molecule has 1 fully saturated rings. The first-order valence-electron chi connectivity index (χ1n) is 13.0. The minimum atomic E-state index is -1.03. The van der Waals surface area contributed by atoms with Crippen LogP contribution in [0.2, 0.25) is 0 Å². The second-order valence-electron chi connectivity index (χ2n) is 9.14. The van der Waals surface area contributed by atoms with Crippen molar-refractivity contribution in [1.82, 2.24) is 0 Å². The molecule has 5 nitrogen and oxygen atoms in total. The summed E-state index contributed by atoms with van der Waals surface area (Å²) in [5, 5.41) is 29.1. The van der Waals surface area contributed by atoms with Crippen LogP contribution in [0.5, 0.6) is 0 Å². The quantitative estimate of drug-likeness (QED) is 0.166. The fraction of sp³-hybridized carbons (Fsp3) is 0.923. The van der Waals surface area contributed by atoms with Crippen LogP contribution in [0.3, 0.4) is 0 Å². The Bertz CT molecular complexity index is 415. The highest BCUT2D eigenvalue weighted by atomic mass is 16.5. The zero-order valence-electron chi connectivity index (χ0n) is 20.1. The molecule has 1 heterocycles. The summed E-state index contributed by atoms with van der Waals surface area (Å²) in [6, 6.07) is 0. The van der Waals surface area contributed by atoms with Crippen molar-refractivity contribution in [3.05, 3.63) is 12.2 Å². The van der Waals surface area contributed by atoms with Gasteiger partial charge in [-0.15, -0.1) is 0 Å². The highest BCUT2D eigenvalue weighted by Gasteiger charge is 2.39. The van der Waals surface area contributed by atoms with Gasteiger partial charge in [-0.25, -0.2) is 0 Å². The fourth-order valence-electron chi connectivity index (χ4n) is 4.07. The molecule has 1 saturated heterocycles. The second-order valence-corrected chi connectivity index (χ2v) is 9.14. The second kappa shape index (κ2) is 20.2. The van der Waals surface area contributed by atoms with Crippen molar-refractivity contribution in [2.75, 3.05) is 19.8 Å². The van der Waals surface area contributed by atoms with Gasteiger partial charge in [0.05, 0.1) is 13.2 Å². The fourth-order valence-corrected chi connectivity index (χ4v) is 4.07. The van der Waals surface area contributed by atoms with Crippen molar-refractivity contribution in [3.8, 4) is 0 Å². The summed E-state index contributed by atoms with van der Waals surface area (Å²) in [7, 11) is 0. The van der Waals surface area contributed by atoms with E-state index in [0.29, 0.717) is 6.61 Å². The van der Waals surface area contributed by atoms with Crippen LogP contribution in [-0.2, 0) is 9.47 Å². The number of ether oxygens (including phenoxy) is 2. The van der Waals surface area contributed by atoms with Gasteiger partial charge in [0.2, 0.25) is 0 Å². The standard InChI is InChI=1S/C26H50O5/c1-2-3-4-5-6-7-8-9-10-11-12-13-14-15-16-17-18-19-20-30-21-24(28)26-25(29)23(27)22-31-26/h9-10,23-29H,2-8,11-22H2,1H3/b10-9+/t23-,24+,25-,26-/m1/s1. The average Bonchev–Trinajstić information content (AvgIpc) is 3.10. The molecular weight excluding hydrogens is 392 g/mol. The van der Waals surface area contributed by atoms with Gasteiger partial charge in [-0.1, -0.05) is 89.7 Å². The minimum absolute atomic E-state index is 0.0683. The Balaban J connectivity index is 1.76. The molecule has 184 valence electrons. The third kappa shape index (κ3) is 15.1. The summed E-state index contributed by atoms with van der Waals surface area (Å²) < 4.78 is 10.7. The third-order valence-electron chi connectivity index (χ3n) is 6.16. The van der Waals surface area contributed by atoms with E-state index in [-0.39, 0.29) is 13.2 Å². The van der Waals surface area contributed by atoms with E-state index < -0.39 is 24.4 Å². The first-order chi connectivity index (χ1) is 15.2. The van der Waals surface area contributed by atoms with E-state index in [1.54, 1.807) is 0 Å². The Hall–Kier alpha value is -0.460. The lowest BCUT2D eigenvalue weighted by molar-refractivity contribution is -0.0813. The summed E-state index contributed by atoms with van der Waals surface area (Å²) in [6.07, 6.45) is 22.0. The maximum Gasteiger partial charge on any atom is 0.114 e. The Morgan fingerprint density at radius 3 is 1.84 bits per heavy atom. The van der Waals surface area contributed by atoms with Gasteiger partial charge in [0.15, 0.2) is 0 Å². The van der Waals surface area contributed by atoms with Crippen LogP contribution in [0.4, 0.5) is 0 Å².